The standard InChI is InChI=1S/C13H23NOS/c1-4-7-14-12(10-15-11(2)3)9-13-6-5-8-16-13/h5-6,8,11-12,14H,4,7,9-10H2,1-3H3. The average Bonchev–Trinajstić information content (AvgIpc) is 2.74. The van der Waals surface area contributed by atoms with E-state index in [1.54, 1.807) is 0 Å². The summed E-state index contributed by atoms with van der Waals surface area (Å²) in [5.74, 6) is 0. The number of hydrogen-bond donors (Lipinski definition) is 1. The Morgan fingerprint density at radius 3 is 2.81 bits per heavy atom. The number of rotatable bonds is 8. The molecule has 1 atom stereocenters. The van der Waals surface area contributed by atoms with Gasteiger partial charge in [0, 0.05) is 10.9 Å². The van der Waals surface area contributed by atoms with Crippen molar-refractivity contribution in [1.82, 2.24) is 5.32 Å². The highest BCUT2D eigenvalue weighted by atomic mass is 32.1. The van der Waals surface area contributed by atoms with Gasteiger partial charge in [-0.05, 0) is 44.7 Å². The Morgan fingerprint density at radius 1 is 1.44 bits per heavy atom. The minimum Gasteiger partial charge on any atom is -0.377 e. The molecule has 1 heterocycles. The van der Waals surface area contributed by atoms with Gasteiger partial charge < -0.3 is 10.1 Å². The van der Waals surface area contributed by atoms with Crippen molar-refractivity contribution in [2.24, 2.45) is 0 Å². The van der Waals surface area contributed by atoms with Crippen LogP contribution in [0.25, 0.3) is 0 Å². The van der Waals surface area contributed by atoms with E-state index < -0.39 is 0 Å². The molecule has 0 fully saturated rings. The normalized spacial score (nSPS) is 13.2. The van der Waals surface area contributed by atoms with Crippen LogP contribution < -0.4 is 5.32 Å². The van der Waals surface area contributed by atoms with Gasteiger partial charge in [0.15, 0.2) is 0 Å². The number of hydrogen-bond acceptors (Lipinski definition) is 3. The summed E-state index contributed by atoms with van der Waals surface area (Å²) in [5, 5.41) is 5.68. The lowest BCUT2D eigenvalue weighted by atomic mass is 10.2. The molecule has 0 aliphatic rings. The zero-order valence-electron chi connectivity index (χ0n) is 10.5. The Balaban J connectivity index is 2.36. The summed E-state index contributed by atoms with van der Waals surface area (Å²) < 4.78 is 5.69. The topological polar surface area (TPSA) is 21.3 Å². The Kier molecular flexibility index (Phi) is 6.69. The van der Waals surface area contributed by atoms with Gasteiger partial charge in [-0.25, -0.2) is 0 Å². The van der Waals surface area contributed by atoms with Gasteiger partial charge in [-0.1, -0.05) is 13.0 Å². The van der Waals surface area contributed by atoms with Crippen LogP contribution in [0.4, 0.5) is 0 Å². The summed E-state index contributed by atoms with van der Waals surface area (Å²) in [4.78, 5) is 1.43. The van der Waals surface area contributed by atoms with Gasteiger partial charge in [0.2, 0.25) is 0 Å². The van der Waals surface area contributed by atoms with Crippen LogP contribution in [0.5, 0.6) is 0 Å². The first-order valence-electron chi connectivity index (χ1n) is 6.09. The Hall–Kier alpha value is -0.380. The van der Waals surface area contributed by atoms with Crippen LogP contribution in [-0.4, -0.2) is 25.3 Å². The van der Waals surface area contributed by atoms with Crippen molar-refractivity contribution < 1.29 is 4.74 Å². The van der Waals surface area contributed by atoms with Crippen molar-refractivity contribution in [3.8, 4) is 0 Å². The van der Waals surface area contributed by atoms with Crippen LogP contribution in [0.15, 0.2) is 17.5 Å². The summed E-state index contributed by atoms with van der Waals surface area (Å²) >= 11 is 1.82. The number of thiophene rings is 1. The molecule has 2 nitrogen and oxygen atoms in total. The highest BCUT2D eigenvalue weighted by Gasteiger charge is 2.10. The highest BCUT2D eigenvalue weighted by molar-refractivity contribution is 7.09. The van der Waals surface area contributed by atoms with Gasteiger partial charge in [0.05, 0.1) is 12.7 Å². The second-order valence-corrected chi connectivity index (χ2v) is 5.35. The number of ether oxygens (including phenoxy) is 1. The molecule has 3 heteroatoms. The average molecular weight is 241 g/mol. The molecule has 16 heavy (non-hydrogen) atoms. The van der Waals surface area contributed by atoms with E-state index in [0.717, 1.165) is 19.6 Å². The van der Waals surface area contributed by atoms with Gasteiger partial charge >= 0.3 is 0 Å². The summed E-state index contributed by atoms with van der Waals surface area (Å²) in [5.41, 5.74) is 0. The molecule has 1 unspecified atom stereocenters. The second kappa shape index (κ2) is 7.82. The lowest BCUT2D eigenvalue weighted by molar-refractivity contribution is 0.0614. The molecule has 0 saturated heterocycles. The van der Waals surface area contributed by atoms with E-state index in [1.165, 1.54) is 11.3 Å². The SMILES string of the molecule is CCCNC(COC(C)C)Cc1cccs1. The summed E-state index contributed by atoms with van der Waals surface area (Å²) in [7, 11) is 0. The highest BCUT2D eigenvalue weighted by Crippen LogP contribution is 2.11. The molecule has 0 aromatic carbocycles. The van der Waals surface area contributed by atoms with Crippen LogP contribution in [0.3, 0.4) is 0 Å². The summed E-state index contributed by atoms with van der Waals surface area (Å²) in [6, 6.07) is 4.75. The number of nitrogens with one attached hydrogen (secondary N) is 1. The molecule has 0 bridgehead atoms. The molecule has 1 rings (SSSR count). The minimum absolute atomic E-state index is 0.314. The smallest absolute Gasteiger partial charge is 0.0626 e. The first kappa shape index (κ1) is 13.7. The molecular weight excluding hydrogens is 218 g/mol. The Bertz CT molecular complexity index is 259. The van der Waals surface area contributed by atoms with Crippen molar-refractivity contribution in [3.05, 3.63) is 22.4 Å². The lowest BCUT2D eigenvalue weighted by Crippen LogP contribution is -2.36. The molecule has 0 aliphatic heterocycles. The van der Waals surface area contributed by atoms with Crippen molar-refractivity contribution in [1.29, 1.82) is 0 Å². The van der Waals surface area contributed by atoms with Crippen molar-refractivity contribution >= 4 is 11.3 Å². The molecule has 0 spiro atoms. The van der Waals surface area contributed by atoms with Gasteiger partial charge in [0.1, 0.15) is 0 Å². The first-order valence-corrected chi connectivity index (χ1v) is 6.97. The van der Waals surface area contributed by atoms with Crippen LogP contribution in [0, 0.1) is 0 Å². The van der Waals surface area contributed by atoms with E-state index in [9.17, 15) is 0 Å². The predicted octanol–water partition coefficient (Wildman–Crippen LogP) is 3.08. The maximum atomic E-state index is 5.69. The molecule has 92 valence electrons. The molecule has 0 saturated carbocycles. The molecular formula is C13H23NOS. The monoisotopic (exact) mass is 241 g/mol. The molecule has 0 amide bonds. The van der Waals surface area contributed by atoms with Crippen molar-refractivity contribution in [3.63, 3.8) is 0 Å². The zero-order valence-corrected chi connectivity index (χ0v) is 11.3. The third-order valence-electron chi connectivity index (χ3n) is 2.34. The van der Waals surface area contributed by atoms with E-state index in [0.29, 0.717) is 12.1 Å². The van der Waals surface area contributed by atoms with Gasteiger partial charge in [-0.15, -0.1) is 11.3 Å². The second-order valence-electron chi connectivity index (χ2n) is 4.32. The van der Waals surface area contributed by atoms with Crippen molar-refractivity contribution in [2.75, 3.05) is 13.2 Å². The van der Waals surface area contributed by atoms with Crippen LogP contribution in [0.2, 0.25) is 0 Å². The van der Waals surface area contributed by atoms with E-state index in [2.05, 4.69) is 43.6 Å². The van der Waals surface area contributed by atoms with Gasteiger partial charge in [0.25, 0.3) is 0 Å². The van der Waals surface area contributed by atoms with E-state index in [4.69, 9.17) is 4.74 Å². The third kappa shape index (κ3) is 5.64. The first-order chi connectivity index (χ1) is 7.72. The van der Waals surface area contributed by atoms with Gasteiger partial charge in [-0.2, -0.15) is 0 Å². The fraction of sp³-hybridized carbons (Fsp3) is 0.692. The minimum atomic E-state index is 0.314. The quantitative estimate of drug-likeness (QED) is 0.755. The van der Waals surface area contributed by atoms with Gasteiger partial charge in [-0.3, -0.25) is 0 Å². The predicted molar refractivity (Wildman–Crippen MR) is 71.2 cm³/mol. The fourth-order valence-electron chi connectivity index (χ4n) is 1.52. The molecule has 1 aromatic heterocycles. The Morgan fingerprint density at radius 2 is 2.25 bits per heavy atom. The maximum absolute atomic E-state index is 5.69. The van der Waals surface area contributed by atoms with Crippen LogP contribution in [-0.2, 0) is 11.2 Å². The summed E-state index contributed by atoms with van der Waals surface area (Å²) in [6.45, 7) is 8.23. The van der Waals surface area contributed by atoms with E-state index in [-0.39, 0.29) is 0 Å². The lowest BCUT2D eigenvalue weighted by Gasteiger charge is -2.19. The van der Waals surface area contributed by atoms with E-state index >= 15 is 0 Å². The molecule has 0 aliphatic carbocycles. The van der Waals surface area contributed by atoms with Crippen LogP contribution >= 0.6 is 11.3 Å². The third-order valence-corrected chi connectivity index (χ3v) is 3.24. The largest absolute Gasteiger partial charge is 0.377 e. The molecule has 1 aromatic rings. The zero-order chi connectivity index (χ0) is 11.8. The van der Waals surface area contributed by atoms with Crippen molar-refractivity contribution in [2.45, 2.75) is 45.8 Å². The van der Waals surface area contributed by atoms with Crippen LogP contribution in [0.1, 0.15) is 32.1 Å². The Labute approximate surface area is 103 Å². The van der Waals surface area contributed by atoms with E-state index in [1.807, 2.05) is 11.3 Å². The maximum Gasteiger partial charge on any atom is 0.0626 e. The fourth-order valence-corrected chi connectivity index (χ4v) is 2.31. The molecule has 0 radical (unpaired) electrons. The summed E-state index contributed by atoms with van der Waals surface area (Å²) in [6.07, 6.45) is 2.56. The molecule has 1 N–H and O–H groups in total.